The fraction of sp³-hybridized carbons (Fsp3) is 0.600. The van der Waals surface area contributed by atoms with E-state index in [9.17, 15) is 0 Å². The van der Waals surface area contributed by atoms with E-state index in [1.54, 1.807) is 0 Å². The number of aromatic nitrogens is 2. The van der Waals surface area contributed by atoms with Crippen molar-refractivity contribution in [2.24, 2.45) is 0 Å². The first-order valence-corrected chi connectivity index (χ1v) is 5.80. The van der Waals surface area contributed by atoms with Gasteiger partial charge in [-0.05, 0) is 20.3 Å². The van der Waals surface area contributed by atoms with Crippen LogP contribution in [0.3, 0.4) is 0 Å². The lowest BCUT2D eigenvalue weighted by Crippen LogP contribution is -2.32. The Hall–Kier alpha value is -0.740. The van der Waals surface area contributed by atoms with Gasteiger partial charge in [-0.15, -0.1) is 11.6 Å². The number of anilines is 1. The van der Waals surface area contributed by atoms with Crippen LogP contribution in [0.2, 0.25) is 5.02 Å². The lowest BCUT2D eigenvalue weighted by atomic mass is 10.0. The molecule has 0 spiro atoms. The highest BCUT2D eigenvalue weighted by molar-refractivity contribution is 6.32. The van der Waals surface area contributed by atoms with Crippen LogP contribution in [0.4, 0.5) is 5.82 Å². The molecule has 16 heavy (non-hydrogen) atoms. The lowest BCUT2D eigenvalue weighted by Gasteiger charge is -2.26. The fourth-order valence-corrected chi connectivity index (χ4v) is 1.77. The summed E-state index contributed by atoms with van der Waals surface area (Å²) in [6, 6.07) is 0.286. The predicted octanol–water partition coefficient (Wildman–Crippen LogP) is 2.96. The van der Waals surface area contributed by atoms with Crippen molar-refractivity contribution in [3.63, 3.8) is 0 Å². The van der Waals surface area contributed by atoms with Gasteiger partial charge in [0, 0.05) is 11.4 Å². The van der Waals surface area contributed by atoms with Crippen LogP contribution in [-0.4, -0.2) is 28.5 Å². The summed E-state index contributed by atoms with van der Waals surface area (Å²) in [6.07, 6.45) is 2.31. The number of methoxy groups -OCH3 is 1. The summed E-state index contributed by atoms with van der Waals surface area (Å²) in [5.41, 5.74) is -0.176. The zero-order chi connectivity index (χ0) is 12.2. The SMILES string of the molecule is COc1ncc(Cl)c(NC(C)(C)CCCl)n1. The van der Waals surface area contributed by atoms with Gasteiger partial charge in [0.15, 0.2) is 5.82 Å². The summed E-state index contributed by atoms with van der Waals surface area (Å²) in [5.74, 6) is 1.13. The molecule has 0 saturated carbocycles. The van der Waals surface area contributed by atoms with Crippen molar-refractivity contribution < 1.29 is 4.74 Å². The molecule has 0 fully saturated rings. The minimum absolute atomic E-state index is 0.176. The van der Waals surface area contributed by atoms with Crippen LogP contribution in [0.1, 0.15) is 20.3 Å². The predicted molar refractivity (Wildman–Crippen MR) is 66.6 cm³/mol. The maximum absolute atomic E-state index is 5.98. The third kappa shape index (κ3) is 3.68. The number of nitrogens with zero attached hydrogens (tertiary/aromatic N) is 2. The van der Waals surface area contributed by atoms with E-state index in [0.29, 0.717) is 16.7 Å². The minimum Gasteiger partial charge on any atom is -0.467 e. The van der Waals surface area contributed by atoms with Crippen LogP contribution in [0.5, 0.6) is 6.01 Å². The van der Waals surface area contributed by atoms with Gasteiger partial charge in [0.2, 0.25) is 0 Å². The second kappa shape index (κ2) is 5.55. The molecular formula is C10H15Cl2N3O. The molecule has 4 nitrogen and oxygen atoms in total. The third-order valence-electron chi connectivity index (χ3n) is 2.08. The number of rotatable bonds is 5. The van der Waals surface area contributed by atoms with Crippen LogP contribution < -0.4 is 10.1 Å². The molecule has 0 aliphatic heterocycles. The van der Waals surface area contributed by atoms with Gasteiger partial charge in [0.05, 0.1) is 13.3 Å². The molecule has 0 aliphatic rings. The standard InChI is InChI=1S/C10H15Cl2N3O/c1-10(2,4-5-11)15-8-7(12)6-13-9(14-8)16-3/h6H,4-5H2,1-3H3,(H,13,14,15). The van der Waals surface area contributed by atoms with Crippen molar-refractivity contribution in [2.75, 3.05) is 18.3 Å². The first-order chi connectivity index (χ1) is 7.48. The Morgan fingerprint density at radius 3 is 2.75 bits per heavy atom. The molecule has 0 radical (unpaired) electrons. The molecule has 0 atom stereocenters. The van der Waals surface area contributed by atoms with E-state index in [1.165, 1.54) is 13.3 Å². The summed E-state index contributed by atoms with van der Waals surface area (Å²) in [4.78, 5) is 8.04. The Morgan fingerprint density at radius 2 is 2.19 bits per heavy atom. The van der Waals surface area contributed by atoms with Crippen LogP contribution in [0.25, 0.3) is 0 Å². The monoisotopic (exact) mass is 263 g/mol. The average Bonchev–Trinajstić information content (AvgIpc) is 2.21. The van der Waals surface area contributed by atoms with Gasteiger partial charge in [0.1, 0.15) is 5.02 Å². The Bertz CT molecular complexity index is 358. The topological polar surface area (TPSA) is 47.0 Å². The molecular weight excluding hydrogens is 249 g/mol. The van der Waals surface area contributed by atoms with E-state index in [0.717, 1.165) is 6.42 Å². The zero-order valence-corrected chi connectivity index (χ0v) is 11.1. The fourth-order valence-electron chi connectivity index (χ4n) is 1.16. The molecule has 1 aromatic rings. The normalized spacial score (nSPS) is 11.3. The van der Waals surface area contributed by atoms with Gasteiger partial charge >= 0.3 is 6.01 Å². The molecule has 0 unspecified atom stereocenters. The van der Waals surface area contributed by atoms with Gasteiger partial charge in [-0.2, -0.15) is 4.98 Å². The van der Waals surface area contributed by atoms with Crippen molar-refractivity contribution >= 4 is 29.0 Å². The van der Waals surface area contributed by atoms with E-state index in [2.05, 4.69) is 15.3 Å². The van der Waals surface area contributed by atoms with Gasteiger partial charge in [-0.3, -0.25) is 0 Å². The number of alkyl halides is 1. The molecule has 1 rings (SSSR count). The van der Waals surface area contributed by atoms with Gasteiger partial charge in [-0.25, -0.2) is 4.98 Å². The third-order valence-corrected chi connectivity index (χ3v) is 2.55. The van der Waals surface area contributed by atoms with Crippen LogP contribution in [0.15, 0.2) is 6.20 Å². The zero-order valence-electron chi connectivity index (χ0n) is 9.55. The second-order valence-electron chi connectivity index (χ2n) is 4.00. The number of nitrogens with one attached hydrogen (secondary N) is 1. The van der Waals surface area contributed by atoms with E-state index >= 15 is 0 Å². The number of halogens is 2. The van der Waals surface area contributed by atoms with Crippen LogP contribution >= 0.6 is 23.2 Å². The molecule has 0 saturated heterocycles. The summed E-state index contributed by atoms with van der Waals surface area (Å²) >= 11 is 11.7. The Morgan fingerprint density at radius 1 is 1.50 bits per heavy atom. The van der Waals surface area contributed by atoms with E-state index in [4.69, 9.17) is 27.9 Å². The number of hydrogen-bond acceptors (Lipinski definition) is 4. The molecule has 6 heteroatoms. The molecule has 0 aliphatic carbocycles. The van der Waals surface area contributed by atoms with Crippen molar-refractivity contribution in [1.29, 1.82) is 0 Å². The maximum Gasteiger partial charge on any atom is 0.318 e. The summed E-state index contributed by atoms with van der Waals surface area (Å²) in [6.45, 7) is 4.06. The Labute approximate surface area is 105 Å². The summed E-state index contributed by atoms with van der Waals surface area (Å²) in [5, 5.41) is 3.68. The molecule has 1 aromatic heterocycles. The van der Waals surface area contributed by atoms with Gasteiger partial charge < -0.3 is 10.1 Å². The Balaban J connectivity index is 2.87. The lowest BCUT2D eigenvalue weighted by molar-refractivity contribution is 0.380. The van der Waals surface area contributed by atoms with Crippen LogP contribution in [0, 0.1) is 0 Å². The second-order valence-corrected chi connectivity index (χ2v) is 4.79. The number of hydrogen-bond donors (Lipinski definition) is 1. The largest absolute Gasteiger partial charge is 0.467 e. The smallest absolute Gasteiger partial charge is 0.318 e. The molecule has 90 valence electrons. The summed E-state index contributed by atoms with van der Waals surface area (Å²) in [7, 11) is 1.51. The first-order valence-electron chi connectivity index (χ1n) is 4.89. The molecule has 1 N–H and O–H groups in total. The highest BCUT2D eigenvalue weighted by Gasteiger charge is 2.19. The van der Waals surface area contributed by atoms with Crippen molar-refractivity contribution in [3.8, 4) is 6.01 Å². The van der Waals surface area contributed by atoms with Crippen molar-refractivity contribution in [3.05, 3.63) is 11.2 Å². The quantitative estimate of drug-likeness (QED) is 0.830. The summed E-state index contributed by atoms with van der Waals surface area (Å²) < 4.78 is 4.94. The van der Waals surface area contributed by atoms with E-state index < -0.39 is 0 Å². The minimum atomic E-state index is -0.176. The first kappa shape index (κ1) is 13.3. The van der Waals surface area contributed by atoms with Crippen molar-refractivity contribution in [2.45, 2.75) is 25.8 Å². The van der Waals surface area contributed by atoms with Gasteiger partial charge in [0.25, 0.3) is 0 Å². The van der Waals surface area contributed by atoms with E-state index in [-0.39, 0.29) is 11.5 Å². The maximum atomic E-state index is 5.98. The molecule has 0 aromatic carbocycles. The van der Waals surface area contributed by atoms with Crippen LogP contribution in [-0.2, 0) is 0 Å². The molecule has 0 bridgehead atoms. The highest BCUT2D eigenvalue weighted by atomic mass is 35.5. The molecule has 1 heterocycles. The number of ether oxygens (including phenoxy) is 1. The van der Waals surface area contributed by atoms with Crippen molar-refractivity contribution in [1.82, 2.24) is 9.97 Å². The highest BCUT2D eigenvalue weighted by Crippen LogP contribution is 2.25. The molecule has 0 amide bonds. The van der Waals surface area contributed by atoms with Gasteiger partial charge in [-0.1, -0.05) is 11.6 Å². The Kier molecular flexibility index (Phi) is 4.62. The average molecular weight is 264 g/mol. The van der Waals surface area contributed by atoms with E-state index in [1.807, 2.05) is 13.8 Å².